The first-order valence-electron chi connectivity index (χ1n) is 12.0. The summed E-state index contributed by atoms with van der Waals surface area (Å²) in [6.45, 7) is 11.0. The van der Waals surface area contributed by atoms with Crippen LogP contribution < -0.4 is 4.74 Å². The van der Waals surface area contributed by atoms with Crippen molar-refractivity contribution in [2.75, 3.05) is 13.2 Å². The third-order valence-corrected chi connectivity index (χ3v) is 9.03. The van der Waals surface area contributed by atoms with Crippen LogP contribution in [0.3, 0.4) is 0 Å². The summed E-state index contributed by atoms with van der Waals surface area (Å²) < 4.78 is 19.0. The Morgan fingerprint density at radius 3 is 2.67 bits per heavy atom. The molecule has 0 bridgehead atoms. The molecule has 4 heteroatoms. The van der Waals surface area contributed by atoms with Gasteiger partial charge in [-0.15, -0.1) is 0 Å². The van der Waals surface area contributed by atoms with Gasteiger partial charge in [-0.05, 0) is 74.3 Å². The molecule has 0 amide bonds. The zero-order chi connectivity index (χ0) is 20.8. The predicted molar refractivity (Wildman–Crippen MR) is 117 cm³/mol. The first kappa shape index (κ1) is 20.5. The molecule has 1 aliphatic heterocycles. The zero-order valence-electron chi connectivity index (χ0n) is 18.6. The van der Waals surface area contributed by atoms with Crippen LogP contribution in [0.5, 0.6) is 5.75 Å². The average Bonchev–Trinajstić information content (AvgIpc) is 2.70. The van der Waals surface area contributed by atoms with Crippen molar-refractivity contribution in [3.8, 4) is 5.75 Å². The van der Waals surface area contributed by atoms with Crippen LogP contribution in [0.1, 0.15) is 65.2 Å². The first-order valence-corrected chi connectivity index (χ1v) is 12.0. The smallest absolute Gasteiger partial charge is 0.160 e. The summed E-state index contributed by atoms with van der Waals surface area (Å²) in [6.07, 6.45) is 13.6. The quantitative estimate of drug-likeness (QED) is 0.576. The normalized spacial score (nSPS) is 41.5. The van der Waals surface area contributed by atoms with E-state index in [9.17, 15) is 0 Å². The Hall–Kier alpha value is -1.39. The molecule has 0 radical (unpaired) electrons. The van der Waals surface area contributed by atoms with Crippen LogP contribution in [0.15, 0.2) is 36.7 Å². The Labute approximate surface area is 181 Å². The number of rotatable bonds is 5. The highest BCUT2D eigenvalue weighted by atomic mass is 16.7. The van der Waals surface area contributed by atoms with Gasteiger partial charge in [-0.1, -0.05) is 32.4 Å². The van der Waals surface area contributed by atoms with Gasteiger partial charge >= 0.3 is 0 Å². The number of allylic oxidation sites excluding steroid dienone is 1. The topological polar surface area (TPSA) is 40.6 Å². The number of ether oxygens (including phenoxy) is 3. The van der Waals surface area contributed by atoms with Crippen LogP contribution >= 0.6 is 0 Å². The second-order valence-electron chi connectivity index (χ2n) is 10.7. The predicted octanol–water partition coefficient (Wildman–Crippen LogP) is 5.78. The van der Waals surface area contributed by atoms with Crippen LogP contribution in [-0.2, 0) is 9.47 Å². The van der Waals surface area contributed by atoms with E-state index >= 15 is 0 Å². The van der Waals surface area contributed by atoms with Gasteiger partial charge in [0.1, 0.15) is 5.75 Å². The summed E-state index contributed by atoms with van der Waals surface area (Å²) in [5.41, 5.74) is 1.77. The van der Waals surface area contributed by atoms with E-state index in [1.165, 1.54) is 37.7 Å². The van der Waals surface area contributed by atoms with Crippen molar-refractivity contribution in [3.05, 3.63) is 36.7 Å². The maximum atomic E-state index is 6.62. The Morgan fingerprint density at radius 2 is 1.93 bits per heavy atom. The third-order valence-electron chi connectivity index (χ3n) is 9.03. The van der Waals surface area contributed by atoms with Crippen molar-refractivity contribution >= 4 is 0 Å². The minimum absolute atomic E-state index is 0.0456. The molecule has 2 heterocycles. The molecule has 6 atom stereocenters. The largest absolute Gasteiger partial charge is 0.493 e. The molecule has 1 unspecified atom stereocenters. The third kappa shape index (κ3) is 3.40. The summed E-state index contributed by atoms with van der Waals surface area (Å²) in [5, 5.41) is 0. The van der Waals surface area contributed by atoms with E-state index in [-0.39, 0.29) is 17.1 Å². The molecule has 0 N–H and O–H groups in total. The number of aromatic nitrogens is 1. The first-order chi connectivity index (χ1) is 14.5. The molecule has 3 aliphatic carbocycles. The van der Waals surface area contributed by atoms with Gasteiger partial charge in [-0.2, -0.15) is 0 Å². The van der Waals surface area contributed by atoms with E-state index in [1.54, 1.807) is 12.4 Å². The van der Waals surface area contributed by atoms with Gasteiger partial charge in [-0.3, -0.25) is 4.98 Å². The number of nitrogens with zero attached hydrogens (tertiary/aromatic N) is 1. The molecule has 1 aromatic rings. The zero-order valence-corrected chi connectivity index (χ0v) is 18.6. The van der Waals surface area contributed by atoms with Crippen LogP contribution in [-0.4, -0.2) is 30.6 Å². The van der Waals surface area contributed by atoms with Crippen molar-refractivity contribution in [2.24, 2.45) is 28.6 Å². The van der Waals surface area contributed by atoms with E-state index in [0.717, 1.165) is 38.2 Å². The maximum absolute atomic E-state index is 6.62. The van der Waals surface area contributed by atoms with Gasteiger partial charge in [0.05, 0.1) is 19.3 Å². The summed E-state index contributed by atoms with van der Waals surface area (Å²) >= 11 is 0. The number of hydrogen-bond donors (Lipinski definition) is 0. The Bertz CT molecular complexity index is 763. The monoisotopic (exact) mass is 411 g/mol. The number of pyridine rings is 1. The number of fused-ring (bicyclic) bond motifs is 3. The fourth-order valence-electron chi connectivity index (χ4n) is 7.07. The van der Waals surface area contributed by atoms with E-state index in [4.69, 9.17) is 14.2 Å². The molecule has 0 aromatic carbocycles. The fourth-order valence-corrected chi connectivity index (χ4v) is 7.07. The lowest BCUT2D eigenvalue weighted by atomic mass is 9.46. The second kappa shape index (κ2) is 7.94. The van der Waals surface area contributed by atoms with Crippen LogP contribution in [0.2, 0.25) is 0 Å². The summed E-state index contributed by atoms with van der Waals surface area (Å²) in [6, 6.07) is 3.86. The van der Waals surface area contributed by atoms with Crippen molar-refractivity contribution in [1.82, 2.24) is 4.98 Å². The summed E-state index contributed by atoms with van der Waals surface area (Å²) in [4.78, 5) is 4.07. The highest BCUT2D eigenvalue weighted by Crippen LogP contribution is 2.63. The summed E-state index contributed by atoms with van der Waals surface area (Å²) in [5.74, 6) is 2.65. The van der Waals surface area contributed by atoms with Gasteiger partial charge in [0, 0.05) is 23.7 Å². The van der Waals surface area contributed by atoms with E-state index in [0.29, 0.717) is 23.9 Å². The van der Waals surface area contributed by atoms with E-state index in [1.807, 2.05) is 12.1 Å². The van der Waals surface area contributed by atoms with E-state index in [2.05, 4.69) is 25.4 Å². The highest BCUT2D eigenvalue weighted by Gasteiger charge is 2.60. The minimum atomic E-state index is 0.0456. The SMILES string of the molecule is C=C1CCC2[C@]3(C)CO[C@@H](C4CCC4)O[C@@H]3CC[C@@]2(C)[C@@H]1CCOc1ccncc1. The van der Waals surface area contributed by atoms with Gasteiger partial charge < -0.3 is 14.2 Å². The molecule has 30 heavy (non-hydrogen) atoms. The molecule has 1 aromatic heterocycles. The summed E-state index contributed by atoms with van der Waals surface area (Å²) in [7, 11) is 0. The molecule has 4 aliphatic rings. The molecule has 4 fully saturated rings. The molecular weight excluding hydrogens is 374 g/mol. The molecule has 4 nitrogen and oxygen atoms in total. The van der Waals surface area contributed by atoms with Crippen molar-refractivity contribution < 1.29 is 14.2 Å². The van der Waals surface area contributed by atoms with E-state index < -0.39 is 0 Å². The molecule has 164 valence electrons. The minimum Gasteiger partial charge on any atom is -0.493 e. The molecule has 1 saturated heterocycles. The maximum Gasteiger partial charge on any atom is 0.160 e. The molecule has 5 rings (SSSR count). The van der Waals surface area contributed by atoms with Gasteiger partial charge in [0.2, 0.25) is 0 Å². The highest BCUT2D eigenvalue weighted by molar-refractivity contribution is 5.19. The van der Waals surface area contributed by atoms with Crippen molar-refractivity contribution in [2.45, 2.75) is 77.6 Å². The van der Waals surface area contributed by atoms with Gasteiger partial charge in [0.15, 0.2) is 6.29 Å². The standard InChI is InChI=1S/C26H37NO3/c1-18-7-8-22-25(2,21(18)12-16-28-20-10-14-27-15-11-20)13-9-23-26(22,3)17-29-24(30-23)19-5-4-6-19/h10-11,14-15,19,21-24H,1,4-9,12-13,16-17H2,2-3H3/t21-,22?,23-,24-,25+,26+/m1/s1. The van der Waals surface area contributed by atoms with Crippen LogP contribution in [0.25, 0.3) is 0 Å². The second-order valence-corrected chi connectivity index (χ2v) is 10.7. The Kier molecular flexibility index (Phi) is 5.43. The number of hydrogen-bond acceptors (Lipinski definition) is 4. The van der Waals surface area contributed by atoms with Crippen molar-refractivity contribution in [3.63, 3.8) is 0 Å². The average molecular weight is 412 g/mol. The van der Waals surface area contributed by atoms with Gasteiger partial charge in [-0.25, -0.2) is 0 Å². The lowest BCUT2D eigenvalue weighted by Crippen LogP contribution is -2.62. The molecule has 3 saturated carbocycles. The molecule has 0 spiro atoms. The van der Waals surface area contributed by atoms with Crippen LogP contribution in [0, 0.1) is 28.6 Å². The van der Waals surface area contributed by atoms with Gasteiger partial charge in [0.25, 0.3) is 0 Å². The molecular formula is C26H37NO3. The Balaban J connectivity index is 1.29. The lowest BCUT2D eigenvalue weighted by molar-refractivity contribution is -0.322. The lowest BCUT2D eigenvalue weighted by Gasteiger charge is -2.63. The van der Waals surface area contributed by atoms with Crippen LogP contribution in [0.4, 0.5) is 0 Å². The fraction of sp³-hybridized carbons (Fsp3) is 0.731. The van der Waals surface area contributed by atoms with Crippen molar-refractivity contribution in [1.29, 1.82) is 0 Å². The Morgan fingerprint density at radius 1 is 1.13 bits per heavy atom.